The molecule has 1 fully saturated rings. The van der Waals surface area contributed by atoms with Crippen molar-refractivity contribution in [2.24, 2.45) is 0 Å². The van der Waals surface area contributed by atoms with Crippen LogP contribution in [0, 0.1) is 12.1 Å². The minimum absolute atomic E-state index is 0.159. The molecular formula is C13H20N2O6. The molecule has 0 amide bonds. The Morgan fingerprint density at radius 2 is 1.86 bits per heavy atom. The average Bonchev–Trinajstić information content (AvgIpc) is 2.44. The first-order chi connectivity index (χ1) is 9.81. The van der Waals surface area contributed by atoms with E-state index in [9.17, 15) is 20.5 Å². The van der Waals surface area contributed by atoms with E-state index in [1.54, 1.807) is 19.9 Å². The second-order valence-electron chi connectivity index (χ2n) is 5.21. The molecule has 1 aromatic rings. The van der Waals surface area contributed by atoms with Crippen LogP contribution in [0.15, 0.2) is 18.2 Å². The minimum Gasteiger partial charge on any atom is -0.595 e. The zero-order chi connectivity index (χ0) is 15.7. The number of aryl methyl sites for hydroxylation is 1. The van der Waals surface area contributed by atoms with Crippen LogP contribution in [0.1, 0.15) is 12.5 Å². The van der Waals surface area contributed by atoms with Crippen LogP contribution in [0.25, 0.3) is 0 Å². The van der Waals surface area contributed by atoms with Gasteiger partial charge in [-0.3, -0.25) is 0 Å². The van der Waals surface area contributed by atoms with E-state index in [-0.39, 0.29) is 5.69 Å². The van der Waals surface area contributed by atoms with Gasteiger partial charge in [0.1, 0.15) is 18.3 Å². The van der Waals surface area contributed by atoms with Crippen molar-refractivity contribution < 1.29 is 30.5 Å². The lowest BCUT2D eigenvalue weighted by Gasteiger charge is -2.40. The van der Waals surface area contributed by atoms with Crippen molar-refractivity contribution in [2.45, 2.75) is 44.5 Å². The SMILES string of the molecule is Cc1cc([NH+]([O-])O)ccc1N[C@H]1O[C@@H](C)[C@H](O)[C@@H](O)[C@H]1O. The van der Waals surface area contributed by atoms with Gasteiger partial charge in [0, 0.05) is 17.8 Å². The van der Waals surface area contributed by atoms with Gasteiger partial charge in [0.2, 0.25) is 0 Å². The van der Waals surface area contributed by atoms with Crippen molar-refractivity contribution in [1.29, 1.82) is 0 Å². The van der Waals surface area contributed by atoms with Crippen molar-refractivity contribution in [3.63, 3.8) is 0 Å². The highest BCUT2D eigenvalue weighted by molar-refractivity contribution is 5.55. The molecule has 8 nitrogen and oxygen atoms in total. The summed E-state index contributed by atoms with van der Waals surface area (Å²) >= 11 is 0. The molecular weight excluding hydrogens is 280 g/mol. The highest BCUT2D eigenvalue weighted by Gasteiger charge is 2.41. The topological polar surface area (TPSA) is 130 Å². The van der Waals surface area contributed by atoms with Crippen molar-refractivity contribution in [1.82, 2.24) is 0 Å². The van der Waals surface area contributed by atoms with E-state index >= 15 is 0 Å². The number of quaternary nitrogens is 1. The van der Waals surface area contributed by atoms with Gasteiger partial charge in [-0.25, -0.2) is 5.21 Å². The Balaban J connectivity index is 2.14. The zero-order valence-electron chi connectivity index (χ0n) is 11.7. The molecule has 118 valence electrons. The van der Waals surface area contributed by atoms with Gasteiger partial charge in [0.15, 0.2) is 11.9 Å². The lowest BCUT2D eigenvalue weighted by atomic mass is 9.99. The molecule has 1 aromatic carbocycles. The second-order valence-corrected chi connectivity index (χ2v) is 5.21. The lowest BCUT2D eigenvalue weighted by molar-refractivity contribution is -0.991. The predicted molar refractivity (Wildman–Crippen MR) is 72.9 cm³/mol. The first kappa shape index (κ1) is 16.1. The van der Waals surface area contributed by atoms with Crippen LogP contribution in [0.5, 0.6) is 0 Å². The summed E-state index contributed by atoms with van der Waals surface area (Å²) in [5.74, 6) is 0. The molecule has 21 heavy (non-hydrogen) atoms. The molecule has 1 aliphatic rings. The van der Waals surface area contributed by atoms with E-state index in [4.69, 9.17) is 9.94 Å². The van der Waals surface area contributed by atoms with Gasteiger partial charge in [-0.1, -0.05) is 0 Å². The molecule has 1 heterocycles. The predicted octanol–water partition coefficient (Wildman–Crippen LogP) is -1.36. The van der Waals surface area contributed by atoms with E-state index in [0.717, 1.165) is 0 Å². The lowest BCUT2D eigenvalue weighted by Crippen LogP contribution is -2.99. The monoisotopic (exact) mass is 300 g/mol. The van der Waals surface area contributed by atoms with Crippen LogP contribution in [-0.2, 0) is 4.74 Å². The van der Waals surface area contributed by atoms with Gasteiger partial charge in [-0.2, -0.15) is 5.23 Å². The first-order valence-electron chi connectivity index (χ1n) is 6.61. The molecule has 6 N–H and O–H groups in total. The van der Waals surface area contributed by atoms with Crippen molar-refractivity contribution in [3.8, 4) is 0 Å². The van der Waals surface area contributed by atoms with Crippen LogP contribution in [-0.4, -0.2) is 51.2 Å². The Kier molecular flexibility index (Phi) is 4.79. The summed E-state index contributed by atoms with van der Waals surface area (Å²) in [4.78, 5) is 0. The number of aliphatic hydroxyl groups excluding tert-OH is 3. The Morgan fingerprint density at radius 1 is 1.19 bits per heavy atom. The maximum Gasteiger partial charge on any atom is 0.164 e. The summed E-state index contributed by atoms with van der Waals surface area (Å²) in [6.45, 7) is 3.31. The standard InChI is InChI=1S/C13H20N2O6/c1-6-5-8(15(19)20)3-4-9(6)14-13-12(18)11(17)10(16)7(2)21-13/h3-5,7,10-19H,1-2H3/t7-,10-,11+,12+,13-/m0/s1. The summed E-state index contributed by atoms with van der Waals surface area (Å²) in [6.07, 6.45) is -5.31. The van der Waals surface area contributed by atoms with Crippen molar-refractivity contribution in [3.05, 3.63) is 29.0 Å². The smallest absolute Gasteiger partial charge is 0.164 e. The van der Waals surface area contributed by atoms with Gasteiger partial charge < -0.3 is 30.6 Å². The van der Waals surface area contributed by atoms with Crippen LogP contribution in [0.3, 0.4) is 0 Å². The van der Waals surface area contributed by atoms with Gasteiger partial charge in [0.25, 0.3) is 0 Å². The number of hydrogen-bond acceptors (Lipinski definition) is 7. The maximum absolute atomic E-state index is 10.9. The van der Waals surface area contributed by atoms with E-state index in [2.05, 4.69) is 5.32 Å². The van der Waals surface area contributed by atoms with Gasteiger partial charge in [0.05, 0.1) is 6.10 Å². The van der Waals surface area contributed by atoms with Gasteiger partial charge in [-0.15, -0.1) is 0 Å². The van der Waals surface area contributed by atoms with Crippen LogP contribution in [0.2, 0.25) is 0 Å². The van der Waals surface area contributed by atoms with E-state index in [1.165, 1.54) is 12.1 Å². The fourth-order valence-electron chi connectivity index (χ4n) is 2.28. The molecule has 0 bridgehead atoms. The second kappa shape index (κ2) is 6.24. The highest BCUT2D eigenvalue weighted by atomic mass is 16.8. The number of benzene rings is 1. The molecule has 1 unspecified atom stereocenters. The zero-order valence-corrected chi connectivity index (χ0v) is 11.7. The number of aliphatic hydroxyl groups is 3. The Bertz CT molecular complexity index is 498. The van der Waals surface area contributed by atoms with Gasteiger partial charge in [-0.05, 0) is 25.5 Å². The largest absolute Gasteiger partial charge is 0.595 e. The fourth-order valence-corrected chi connectivity index (χ4v) is 2.28. The number of rotatable bonds is 3. The number of ether oxygens (including phenoxy) is 1. The Hall–Kier alpha value is -1.26. The van der Waals surface area contributed by atoms with E-state index in [0.29, 0.717) is 11.3 Å². The summed E-state index contributed by atoms with van der Waals surface area (Å²) in [5, 5.41) is 51.0. The summed E-state index contributed by atoms with van der Waals surface area (Å²) < 4.78 is 5.43. The highest BCUT2D eigenvalue weighted by Crippen LogP contribution is 2.25. The minimum atomic E-state index is -1.31. The normalized spacial score (nSPS) is 34.5. The van der Waals surface area contributed by atoms with Gasteiger partial charge >= 0.3 is 0 Å². The van der Waals surface area contributed by atoms with E-state index < -0.39 is 35.9 Å². The van der Waals surface area contributed by atoms with Crippen LogP contribution < -0.4 is 10.5 Å². The molecule has 0 radical (unpaired) electrons. The van der Waals surface area contributed by atoms with Crippen molar-refractivity contribution >= 4 is 11.4 Å². The third kappa shape index (κ3) is 3.33. The van der Waals surface area contributed by atoms with Crippen molar-refractivity contribution in [2.75, 3.05) is 5.32 Å². The molecule has 0 aliphatic carbocycles. The molecule has 1 aliphatic heterocycles. The van der Waals surface area contributed by atoms with Crippen LogP contribution >= 0.6 is 0 Å². The third-order valence-corrected chi connectivity index (χ3v) is 3.62. The molecule has 0 aromatic heterocycles. The molecule has 2 rings (SSSR count). The number of hydrogen-bond donors (Lipinski definition) is 6. The fraction of sp³-hybridized carbons (Fsp3) is 0.538. The Labute approximate surface area is 121 Å². The average molecular weight is 300 g/mol. The van der Waals surface area contributed by atoms with E-state index in [1.807, 2.05) is 0 Å². The summed E-state index contributed by atoms with van der Waals surface area (Å²) in [7, 11) is 0. The number of nitrogens with one attached hydrogen (secondary N) is 2. The molecule has 0 saturated carbocycles. The number of anilines is 1. The summed E-state index contributed by atoms with van der Waals surface area (Å²) in [6, 6.07) is 4.49. The quantitative estimate of drug-likeness (QED) is 0.380. The first-order valence-corrected chi connectivity index (χ1v) is 6.61. The third-order valence-electron chi connectivity index (χ3n) is 3.62. The molecule has 8 heteroatoms. The summed E-state index contributed by atoms with van der Waals surface area (Å²) in [5.41, 5.74) is 1.41. The molecule has 1 saturated heterocycles. The molecule has 6 atom stereocenters. The molecule has 0 spiro atoms. The maximum atomic E-state index is 10.9. The van der Waals surface area contributed by atoms with Crippen LogP contribution in [0.4, 0.5) is 11.4 Å². The Morgan fingerprint density at radius 3 is 2.43 bits per heavy atom.